The molecule has 1 aliphatic heterocycles. The molecule has 0 fully saturated rings. The maximum atomic E-state index is 11.9. The first kappa shape index (κ1) is 13.5. The van der Waals surface area contributed by atoms with Crippen molar-refractivity contribution in [1.29, 1.82) is 0 Å². The Kier molecular flexibility index (Phi) is 3.51. The van der Waals surface area contributed by atoms with E-state index < -0.39 is 0 Å². The number of fused-ring (bicyclic) bond motifs is 1. The molecule has 0 bridgehead atoms. The maximum Gasteiger partial charge on any atom is 0.257 e. The second-order valence-corrected chi connectivity index (χ2v) is 5.48. The van der Waals surface area contributed by atoms with Gasteiger partial charge in [0.2, 0.25) is 5.95 Å². The van der Waals surface area contributed by atoms with E-state index in [0.29, 0.717) is 23.7 Å². The smallest absolute Gasteiger partial charge is 0.257 e. The lowest BCUT2D eigenvalue weighted by Crippen LogP contribution is -2.34. The molecular weight excluding hydrogens is 266 g/mol. The fourth-order valence-electron chi connectivity index (χ4n) is 2.53. The SMILES string of the molecule is Cc1ccc(NCC2CNc3nc(N)[nH]c(=O)c3C2)cc1. The molecule has 6 heteroatoms. The topological polar surface area (TPSA) is 95.8 Å². The molecule has 0 radical (unpaired) electrons. The van der Waals surface area contributed by atoms with E-state index >= 15 is 0 Å². The first-order valence-electron chi connectivity index (χ1n) is 7.05. The Morgan fingerprint density at radius 3 is 2.90 bits per heavy atom. The standard InChI is InChI=1S/C15H19N5O/c1-9-2-4-11(5-3-9)17-7-10-6-12-13(18-8-10)19-15(16)20-14(12)21/h2-5,10,17H,6-8H2,1H3,(H4,16,18,19,20,21). The van der Waals surface area contributed by atoms with Crippen LogP contribution in [0.2, 0.25) is 0 Å². The first-order valence-corrected chi connectivity index (χ1v) is 7.05. The molecule has 0 saturated heterocycles. The van der Waals surface area contributed by atoms with E-state index in [9.17, 15) is 4.79 Å². The quantitative estimate of drug-likeness (QED) is 0.683. The number of aryl methyl sites for hydroxylation is 1. The Balaban J connectivity index is 1.66. The third-order valence-electron chi connectivity index (χ3n) is 3.73. The zero-order chi connectivity index (χ0) is 14.8. The minimum atomic E-state index is -0.148. The van der Waals surface area contributed by atoms with Crippen LogP contribution in [0.4, 0.5) is 17.5 Å². The van der Waals surface area contributed by atoms with E-state index in [1.165, 1.54) is 5.56 Å². The van der Waals surface area contributed by atoms with Gasteiger partial charge in [-0.25, -0.2) is 0 Å². The van der Waals surface area contributed by atoms with Gasteiger partial charge in [0.1, 0.15) is 5.82 Å². The van der Waals surface area contributed by atoms with Crippen molar-refractivity contribution in [3.63, 3.8) is 0 Å². The number of nitrogen functional groups attached to an aromatic ring is 1. The number of hydrogen-bond donors (Lipinski definition) is 4. The average Bonchev–Trinajstić information content (AvgIpc) is 2.47. The highest BCUT2D eigenvalue weighted by molar-refractivity contribution is 5.49. The van der Waals surface area contributed by atoms with Crippen molar-refractivity contribution in [2.24, 2.45) is 5.92 Å². The number of nitrogens with zero attached hydrogens (tertiary/aromatic N) is 1. The molecule has 2 aromatic rings. The summed E-state index contributed by atoms with van der Waals surface area (Å²) >= 11 is 0. The summed E-state index contributed by atoms with van der Waals surface area (Å²) in [6.07, 6.45) is 0.698. The van der Waals surface area contributed by atoms with E-state index in [1.54, 1.807) is 0 Å². The Hall–Kier alpha value is -2.50. The minimum absolute atomic E-state index is 0.148. The van der Waals surface area contributed by atoms with Crippen molar-refractivity contribution in [1.82, 2.24) is 9.97 Å². The molecule has 3 rings (SSSR count). The van der Waals surface area contributed by atoms with Gasteiger partial charge in [0.15, 0.2) is 0 Å². The monoisotopic (exact) mass is 285 g/mol. The molecule has 0 saturated carbocycles. The molecule has 0 spiro atoms. The third kappa shape index (κ3) is 2.99. The molecule has 0 aliphatic carbocycles. The van der Waals surface area contributed by atoms with Gasteiger partial charge in [-0.05, 0) is 31.4 Å². The summed E-state index contributed by atoms with van der Waals surface area (Å²) in [5.41, 5.74) is 8.42. The van der Waals surface area contributed by atoms with Crippen molar-refractivity contribution in [3.05, 3.63) is 45.7 Å². The van der Waals surface area contributed by atoms with E-state index in [1.807, 2.05) is 0 Å². The number of benzene rings is 1. The minimum Gasteiger partial charge on any atom is -0.385 e. The largest absolute Gasteiger partial charge is 0.385 e. The first-order chi connectivity index (χ1) is 10.1. The predicted octanol–water partition coefficient (Wildman–Crippen LogP) is 1.36. The van der Waals surface area contributed by atoms with Gasteiger partial charge in [0.25, 0.3) is 5.56 Å². The van der Waals surface area contributed by atoms with Gasteiger partial charge in [0, 0.05) is 18.8 Å². The zero-order valence-corrected chi connectivity index (χ0v) is 11.9. The number of aromatic nitrogens is 2. The van der Waals surface area contributed by atoms with E-state index in [-0.39, 0.29) is 11.5 Å². The van der Waals surface area contributed by atoms with Crippen molar-refractivity contribution in [3.8, 4) is 0 Å². The van der Waals surface area contributed by atoms with Crippen molar-refractivity contribution >= 4 is 17.5 Å². The van der Waals surface area contributed by atoms with E-state index in [4.69, 9.17) is 5.73 Å². The molecule has 1 aliphatic rings. The highest BCUT2D eigenvalue weighted by Gasteiger charge is 2.22. The number of aromatic amines is 1. The number of rotatable bonds is 3. The number of nitrogens with two attached hydrogens (primary N) is 1. The summed E-state index contributed by atoms with van der Waals surface area (Å²) in [4.78, 5) is 18.6. The molecule has 1 atom stereocenters. The summed E-state index contributed by atoms with van der Waals surface area (Å²) in [5, 5.41) is 6.59. The van der Waals surface area contributed by atoms with Gasteiger partial charge in [-0.1, -0.05) is 17.7 Å². The number of anilines is 3. The van der Waals surface area contributed by atoms with Crippen LogP contribution in [0, 0.1) is 12.8 Å². The van der Waals surface area contributed by atoms with Crippen LogP contribution in [0.5, 0.6) is 0 Å². The highest BCUT2D eigenvalue weighted by atomic mass is 16.1. The van der Waals surface area contributed by atoms with Crippen LogP contribution < -0.4 is 21.9 Å². The summed E-state index contributed by atoms with van der Waals surface area (Å²) in [6, 6.07) is 8.28. The second-order valence-electron chi connectivity index (χ2n) is 5.48. The van der Waals surface area contributed by atoms with E-state index in [0.717, 1.165) is 18.8 Å². The Labute approximate surface area is 122 Å². The summed E-state index contributed by atoms with van der Waals surface area (Å²) < 4.78 is 0. The fraction of sp³-hybridized carbons (Fsp3) is 0.333. The lowest BCUT2D eigenvalue weighted by atomic mass is 9.96. The molecule has 0 amide bonds. The molecule has 110 valence electrons. The summed E-state index contributed by atoms with van der Waals surface area (Å²) in [6.45, 7) is 3.65. The Morgan fingerprint density at radius 2 is 2.14 bits per heavy atom. The predicted molar refractivity (Wildman–Crippen MR) is 84.6 cm³/mol. The Morgan fingerprint density at radius 1 is 1.38 bits per heavy atom. The van der Waals surface area contributed by atoms with Gasteiger partial charge in [-0.2, -0.15) is 4.98 Å². The molecule has 2 heterocycles. The fourth-order valence-corrected chi connectivity index (χ4v) is 2.53. The summed E-state index contributed by atoms with van der Waals surface area (Å²) in [5.74, 6) is 1.11. The van der Waals surface area contributed by atoms with Crippen LogP contribution in [-0.2, 0) is 6.42 Å². The highest BCUT2D eigenvalue weighted by Crippen LogP contribution is 2.20. The molecule has 21 heavy (non-hydrogen) atoms. The van der Waals surface area contributed by atoms with Crippen molar-refractivity contribution in [2.75, 3.05) is 29.5 Å². The van der Waals surface area contributed by atoms with Crippen molar-refractivity contribution < 1.29 is 0 Å². The molecule has 1 aromatic carbocycles. The van der Waals surface area contributed by atoms with Crippen LogP contribution in [0.15, 0.2) is 29.1 Å². The molecule has 5 N–H and O–H groups in total. The van der Waals surface area contributed by atoms with Gasteiger partial charge >= 0.3 is 0 Å². The lowest BCUT2D eigenvalue weighted by Gasteiger charge is -2.25. The van der Waals surface area contributed by atoms with Crippen LogP contribution in [0.3, 0.4) is 0 Å². The number of nitrogens with one attached hydrogen (secondary N) is 3. The second kappa shape index (κ2) is 5.47. The summed E-state index contributed by atoms with van der Waals surface area (Å²) in [7, 11) is 0. The van der Waals surface area contributed by atoms with Gasteiger partial charge < -0.3 is 16.4 Å². The average molecular weight is 285 g/mol. The molecule has 1 unspecified atom stereocenters. The van der Waals surface area contributed by atoms with Gasteiger partial charge in [0.05, 0.1) is 5.56 Å². The number of hydrogen-bond acceptors (Lipinski definition) is 5. The maximum absolute atomic E-state index is 11.9. The molecular formula is C15H19N5O. The van der Waals surface area contributed by atoms with Crippen molar-refractivity contribution in [2.45, 2.75) is 13.3 Å². The zero-order valence-electron chi connectivity index (χ0n) is 11.9. The molecule has 1 aromatic heterocycles. The third-order valence-corrected chi connectivity index (χ3v) is 3.73. The van der Waals surface area contributed by atoms with Gasteiger partial charge in [-0.3, -0.25) is 9.78 Å². The van der Waals surface area contributed by atoms with Gasteiger partial charge in [-0.15, -0.1) is 0 Å². The normalized spacial score (nSPS) is 16.9. The van der Waals surface area contributed by atoms with Crippen LogP contribution in [0.1, 0.15) is 11.1 Å². The molecule has 6 nitrogen and oxygen atoms in total. The lowest BCUT2D eigenvalue weighted by molar-refractivity contribution is 0.558. The van der Waals surface area contributed by atoms with E-state index in [2.05, 4.69) is 51.8 Å². The Bertz CT molecular complexity index is 692. The van der Waals surface area contributed by atoms with Crippen LogP contribution in [0.25, 0.3) is 0 Å². The number of H-pyrrole nitrogens is 1. The van der Waals surface area contributed by atoms with Crippen LogP contribution >= 0.6 is 0 Å². The van der Waals surface area contributed by atoms with Crippen LogP contribution in [-0.4, -0.2) is 23.1 Å².